The number of carboxylic acid groups (broad SMARTS) is 1. The van der Waals surface area contributed by atoms with Gasteiger partial charge in [-0.25, -0.2) is 4.79 Å². The zero-order chi connectivity index (χ0) is 13.0. The minimum absolute atomic E-state index is 0.0412. The first-order chi connectivity index (χ1) is 7.90. The van der Waals surface area contributed by atoms with Gasteiger partial charge in [-0.3, -0.25) is 4.79 Å². The summed E-state index contributed by atoms with van der Waals surface area (Å²) in [5.74, 6) is -1.96. The van der Waals surface area contributed by atoms with Gasteiger partial charge in [-0.15, -0.1) is 0 Å². The predicted octanol–water partition coefficient (Wildman–Crippen LogP) is 2.12. The van der Waals surface area contributed by atoms with Gasteiger partial charge in [-0.05, 0) is 24.6 Å². The van der Waals surface area contributed by atoms with Crippen molar-refractivity contribution >= 4 is 11.8 Å². The molecule has 0 fully saturated rings. The van der Waals surface area contributed by atoms with Gasteiger partial charge in [0.15, 0.2) is 0 Å². The minimum atomic E-state index is -3.11. The molecule has 0 aliphatic rings. The van der Waals surface area contributed by atoms with E-state index in [-0.39, 0.29) is 17.8 Å². The smallest absolute Gasteiger partial charge is 0.387 e. The van der Waals surface area contributed by atoms with Gasteiger partial charge < -0.3 is 9.84 Å². The van der Waals surface area contributed by atoms with Crippen LogP contribution in [0.15, 0.2) is 18.2 Å². The summed E-state index contributed by atoms with van der Waals surface area (Å²) >= 11 is 0. The van der Waals surface area contributed by atoms with Crippen LogP contribution in [0.1, 0.15) is 22.8 Å². The van der Waals surface area contributed by atoms with E-state index < -0.39 is 18.3 Å². The molecule has 0 heterocycles. The predicted molar refractivity (Wildman–Crippen MR) is 54.4 cm³/mol. The number of carbonyl (C=O) groups excluding carboxylic acids is 1. The number of halogens is 2. The van der Waals surface area contributed by atoms with Crippen LogP contribution in [0, 0.1) is 0 Å². The SMILES string of the molecule is CC(=O)Cc1ccc(C(=O)O)c(OC(F)F)c1. The Morgan fingerprint density at radius 1 is 1.41 bits per heavy atom. The lowest BCUT2D eigenvalue weighted by Crippen LogP contribution is -2.08. The van der Waals surface area contributed by atoms with Crippen LogP contribution in [0.25, 0.3) is 0 Å². The number of carboxylic acids is 1. The molecule has 0 bridgehead atoms. The van der Waals surface area contributed by atoms with Crippen molar-refractivity contribution in [2.75, 3.05) is 0 Å². The molecule has 0 spiro atoms. The third-order valence-corrected chi connectivity index (χ3v) is 1.95. The topological polar surface area (TPSA) is 63.6 Å². The quantitative estimate of drug-likeness (QED) is 0.861. The highest BCUT2D eigenvalue weighted by molar-refractivity contribution is 5.91. The molecule has 0 radical (unpaired) electrons. The highest BCUT2D eigenvalue weighted by Gasteiger charge is 2.15. The lowest BCUT2D eigenvalue weighted by Gasteiger charge is -2.09. The van der Waals surface area contributed by atoms with E-state index in [0.717, 1.165) is 12.1 Å². The van der Waals surface area contributed by atoms with Gasteiger partial charge in [0.1, 0.15) is 17.1 Å². The maximum absolute atomic E-state index is 12.1. The van der Waals surface area contributed by atoms with Gasteiger partial charge in [0.2, 0.25) is 0 Å². The molecule has 0 aliphatic heterocycles. The molecule has 6 heteroatoms. The number of aromatic carboxylic acids is 1. The fraction of sp³-hybridized carbons (Fsp3) is 0.273. The van der Waals surface area contributed by atoms with Gasteiger partial charge in [-0.1, -0.05) is 6.07 Å². The third kappa shape index (κ3) is 3.82. The van der Waals surface area contributed by atoms with Crippen LogP contribution >= 0.6 is 0 Å². The molecular weight excluding hydrogens is 234 g/mol. The monoisotopic (exact) mass is 244 g/mol. The second-order valence-corrected chi connectivity index (χ2v) is 3.39. The van der Waals surface area contributed by atoms with E-state index in [0.29, 0.717) is 5.56 Å². The Labute approximate surface area is 95.8 Å². The Hall–Kier alpha value is -1.98. The van der Waals surface area contributed by atoms with Crippen molar-refractivity contribution in [3.8, 4) is 5.75 Å². The van der Waals surface area contributed by atoms with E-state index >= 15 is 0 Å². The summed E-state index contributed by atoms with van der Waals surface area (Å²) < 4.78 is 28.3. The van der Waals surface area contributed by atoms with Crippen molar-refractivity contribution < 1.29 is 28.2 Å². The highest BCUT2D eigenvalue weighted by Crippen LogP contribution is 2.23. The average molecular weight is 244 g/mol. The summed E-state index contributed by atoms with van der Waals surface area (Å²) in [6, 6.07) is 3.67. The van der Waals surface area contributed by atoms with Crippen molar-refractivity contribution in [3.63, 3.8) is 0 Å². The van der Waals surface area contributed by atoms with E-state index in [4.69, 9.17) is 5.11 Å². The molecule has 0 saturated heterocycles. The van der Waals surface area contributed by atoms with E-state index in [1.54, 1.807) is 0 Å². The number of benzene rings is 1. The molecular formula is C11H10F2O4. The molecule has 1 N–H and O–H groups in total. The van der Waals surface area contributed by atoms with E-state index in [1.807, 2.05) is 0 Å². The summed E-state index contributed by atoms with van der Waals surface area (Å²) in [4.78, 5) is 21.6. The average Bonchev–Trinajstić information content (AvgIpc) is 2.15. The van der Waals surface area contributed by atoms with Crippen molar-refractivity contribution in [3.05, 3.63) is 29.3 Å². The molecule has 0 amide bonds. The molecule has 92 valence electrons. The molecule has 0 aliphatic carbocycles. The Bertz CT molecular complexity index is 443. The molecule has 0 saturated carbocycles. The first-order valence-corrected chi connectivity index (χ1v) is 4.70. The third-order valence-electron chi connectivity index (χ3n) is 1.95. The fourth-order valence-corrected chi connectivity index (χ4v) is 1.33. The van der Waals surface area contributed by atoms with Gasteiger partial charge >= 0.3 is 12.6 Å². The van der Waals surface area contributed by atoms with Crippen LogP contribution in [0.3, 0.4) is 0 Å². The summed E-state index contributed by atoms with van der Waals surface area (Å²) in [6.07, 6.45) is 0.0412. The van der Waals surface area contributed by atoms with Gasteiger partial charge in [0, 0.05) is 6.42 Å². The standard InChI is InChI=1S/C11H10F2O4/c1-6(14)4-7-2-3-8(10(15)16)9(5-7)17-11(12)13/h2-3,5,11H,4H2,1H3,(H,15,16). The maximum Gasteiger partial charge on any atom is 0.387 e. The molecule has 0 aromatic heterocycles. The van der Waals surface area contributed by atoms with Crippen LogP contribution in [0.2, 0.25) is 0 Å². The lowest BCUT2D eigenvalue weighted by atomic mass is 10.1. The number of ketones is 1. The van der Waals surface area contributed by atoms with E-state index in [1.165, 1.54) is 13.0 Å². The normalized spacial score (nSPS) is 10.4. The molecule has 0 unspecified atom stereocenters. The molecule has 17 heavy (non-hydrogen) atoms. The number of alkyl halides is 2. The zero-order valence-electron chi connectivity index (χ0n) is 8.94. The number of carbonyl (C=O) groups is 2. The second kappa shape index (κ2) is 5.38. The molecule has 1 rings (SSSR count). The highest BCUT2D eigenvalue weighted by atomic mass is 19.3. The van der Waals surface area contributed by atoms with Crippen molar-refractivity contribution in [2.45, 2.75) is 20.0 Å². The number of rotatable bonds is 5. The Kier molecular flexibility index (Phi) is 4.14. The van der Waals surface area contributed by atoms with Gasteiger partial charge in [-0.2, -0.15) is 8.78 Å². The Morgan fingerprint density at radius 2 is 2.06 bits per heavy atom. The summed E-state index contributed by atoms with van der Waals surface area (Å²) in [5, 5.41) is 8.76. The zero-order valence-corrected chi connectivity index (χ0v) is 8.94. The van der Waals surface area contributed by atoms with Crippen LogP contribution < -0.4 is 4.74 Å². The van der Waals surface area contributed by atoms with E-state index in [9.17, 15) is 18.4 Å². The molecule has 0 atom stereocenters. The number of hydrogen-bond donors (Lipinski definition) is 1. The number of ether oxygens (including phenoxy) is 1. The van der Waals surface area contributed by atoms with Crippen LogP contribution in [0.5, 0.6) is 5.75 Å². The van der Waals surface area contributed by atoms with Gasteiger partial charge in [0.05, 0.1) is 0 Å². The maximum atomic E-state index is 12.1. The summed E-state index contributed by atoms with van der Waals surface area (Å²) in [6.45, 7) is -1.76. The lowest BCUT2D eigenvalue weighted by molar-refractivity contribution is -0.116. The summed E-state index contributed by atoms with van der Waals surface area (Å²) in [5.41, 5.74) is 0.0655. The molecule has 4 nitrogen and oxygen atoms in total. The Balaban J connectivity index is 3.09. The second-order valence-electron chi connectivity index (χ2n) is 3.39. The summed E-state index contributed by atoms with van der Waals surface area (Å²) in [7, 11) is 0. The Morgan fingerprint density at radius 3 is 2.53 bits per heavy atom. The van der Waals surface area contributed by atoms with Crippen LogP contribution in [0.4, 0.5) is 8.78 Å². The largest absolute Gasteiger partial charge is 0.478 e. The van der Waals surface area contributed by atoms with Crippen molar-refractivity contribution in [1.82, 2.24) is 0 Å². The molecule has 1 aromatic carbocycles. The van der Waals surface area contributed by atoms with E-state index in [2.05, 4.69) is 4.74 Å². The van der Waals surface area contributed by atoms with Gasteiger partial charge in [0.25, 0.3) is 0 Å². The molecule has 1 aromatic rings. The van der Waals surface area contributed by atoms with Crippen LogP contribution in [-0.4, -0.2) is 23.5 Å². The van der Waals surface area contributed by atoms with Crippen LogP contribution in [-0.2, 0) is 11.2 Å². The fourth-order valence-electron chi connectivity index (χ4n) is 1.33. The number of hydrogen-bond acceptors (Lipinski definition) is 3. The minimum Gasteiger partial charge on any atom is -0.478 e. The van der Waals surface area contributed by atoms with Crippen molar-refractivity contribution in [2.24, 2.45) is 0 Å². The van der Waals surface area contributed by atoms with Crippen molar-refractivity contribution in [1.29, 1.82) is 0 Å². The first kappa shape index (κ1) is 13.1. The number of Topliss-reactive ketones (excluding diaryl/α,β-unsaturated/α-hetero) is 1. The first-order valence-electron chi connectivity index (χ1n) is 4.70.